The number of fused-ring (bicyclic) bond motifs is 1. The fourth-order valence-corrected chi connectivity index (χ4v) is 1.41. The molecule has 1 N–H and O–H groups in total. The number of carbonyl (C=O) groups excluding carboxylic acids is 1. The fraction of sp³-hybridized carbons (Fsp3) is 0.200. The molecule has 0 aliphatic carbocycles. The molecule has 1 aliphatic heterocycles. The van der Waals surface area contributed by atoms with E-state index < -0.39 is 11.0 Å². The summed E-state index contributed by atoms with van der Waals surface area (Å²) in [5.74, 6) is 0.676. The highest BCUT2D eigenvalue weighted by Crippen LogP contribution is 2.37. The number of benzene rings is 1. The zero-order chi connectivity index (χ0) is 13.8. The number of nitrogens with one attached hydrogen (secondary N) is 1. The second kappa shape index (κ2) is 5.21. The van der Waals surface area contributed by atoms with E-state index in [1.54, 1.807) is 0 Å². The average Bonchev–Trinajstić information content (AvgIpc) is 2.84. The van der Waals surface area contributed by atoms with Crippen molar-refractivity contribution in [3.8, 4) is 11.5 Å². The number of nitrogens with zero attached hydrogens (tertiary/aromatic N) is 2. The lowest BCUT2D eigenvalue weighted by Crippen LogP contribution is -2.16. The third-order valence-corrected chi connectivity index (χ3v) is 2.26. The summed E-state index contributed by atoms with van der Waals surface area (Å²) in [6.07, 6.45) is 0.344. The summed E-state index contributed by atoms with van der Waals surface area (Å²) in [5, 5.41) is 14.4. The molecule has 0 spiro atoms. The third kappa shape index (κ3) is 2.70. The Bertz CT molecular complexity index is 556. The van der Waals surface area contributed by atoms with Crippen molar-refractivity contribution in [2.24, 2.45) is 5.10 Å². The topological polar surface area (TPSA) is 112 Å². The maximum Gasteiger partial charge on any atom is 0.427 e. The standard InChI is InChI=1S/C10H9N3O6/c1-17-10(14)12-11-4-6-2-8-9(19-5-18-8)3-7(6)13(15)16/h2-4H,5H2,1H3,(H,12,14)/b11-4-. The maximum absolute atomic E-state index is 10.9. The number of nitro benzene ring substituents is 1. The molecule has 1 aromatic rings. The van der Waals surface area contributed by atoms with Crippen LogP contribution < -0.4 is 14.9 Å². The van der Waals surface area contributed by atoms with Gasteiger partial charge in [0, 0.05) is 0 Å². The zero-order valence-corrected chi connectivity index (χ0v) is 9.78. The highest BCUT2D eigenvalue weighted by atomic mass is 16.7. The lowest BCUT2D eigenvalue weighted by molar-refractivity contribution is -0.385. The molecule has 0 aromatic heterocycles. The normalized spacial score (nSPS) is 12.5. The minimum absolute atomic E-state index is 0.00743. The van der Waals surface area contributed by atoms with Gasteiger partial charge in [-0.15, -0.1) is 0 Å². The van der Waals surface area contributed by atoms with Crippen LogP contribution >= 0.6 is 0 Å². The summed E-state index contributed by atoms with van der Waals surface area (Å²) < 4.78 is 14.4. The van der Waals surface area contributed by atoms with Gasteiger partial charge in [0.1, 0.15) is 0 Å². The van der Waals surface area contributed by atoms with E-state index >= 15 is 0 Å². The van der Waals surface area contributed by atoms with E-state index in [2.05, 4.69) is 9.84 Å². The van der Waals surface area contributed by atoms with Crippen LogP contribution in [0.3, 0.4) is 0 Å². The van der Waals surface area contributed by atoms with Crippen LogP contribution in [0.15, 0.2) is 17.2 Å². The van der Waals surface area contributed by atoms with Crippen LogP contribution in [0.5, 0.6) is 11.5 Å². The van der Waals surface area contributed by atoms with Gasteiger partial charge in [0.25, 0.3) is 5.69 Å². The number of amides is 1. The quantitative estimate of drug-likeness (QED) is 0.497. The second-order valence-corrected chi connectivity index (χ2v) is 3.38. The van der Waals surface area contributed by atoms with E-state index in [9.17, 15) is 14.9 Å². The highest BCUT2D eigenvalue weighted by molar-refractivity contribution is 5.87. The van der Waals surface area contributed by atoms with E-state index in [1.807, 2.05) is 5.43 Å². The first-order valence-corrected chi connectivity index (χ1v) is 5.07. The summed E-state index contributed by atoms with van der Waals surface area (Å²) in [7, 11) is 1.17. The Morgan fingerprint density at radius 1 is 1.53 bits per heavy atom. The van der Waals surface area contributed by atoms with Gasteiger partial charge in [-0.05, 0) is 6.07 Å². The first kappa shape index (κ1) is 12.6. The molecule has 0 bridgehead atoms. The molecule has 19 heavy (non-hydrogen) atoms. The molecule has 1 heterocycles. The first-order valence-electron chi connectivity index (χ1n) is 5.07. The van der Waals surface area contributed by atoms with Gasteiger partial charge < -0.3 is 14.2 Å². The Labute approximate surface area is 106 Å². The number of hydrogen-bond donors (Lipinski definition) is 1. The molecule has 0 unspecified atom stereocenters. The molecule has 9 nitrogen and oxygen atoms in total. The number of hydrazone groups is 1. The van der Waals surface area contributed by atoms with Crippen LogP contribution in [0.4, 0.5) is 10.5 Å². The van der Waals surface area contributed by atoms with E-state index in [4.69, 9.17) is 9.47 Å². The van der Waals surface area contributed by atoms with Crippen LogP contribution in [0.2, 0.25) is 0 Å². The van der Waals surface area contributed by atoms with Gasteiger partial charge in [-0.25, -0.2) is 10.2 Å². The molecular formula is C10H9N3O6. The lowest BCUT2D eigenvalue weighted by atomic mass is 10.1. The van der Waals surface area contributed by atoms with Gasteiger partial charge in [0.2, 0.25) is 6.79 Å². The number of hydrogen-bond acceptors (Lipinski definition) is 7. The second-order valence-electron chi connectivity index (χ2n) is 3.38. The van der Waals surface area contributed by atoms with Crippen molar-refractivity contribution in [1.82, 2.24) is 5.43 Å². The molecule has 1 amide bonds. The van der Waals surface area contributed by atoms with Crippen molar-refractivity contribution in [1.29, 1.82) is 0 Å². The molecule has 1 aromatic carbocycles. The maximum atomic E-state index is 10.9. The zero-order valence-electron chi connectivity index (χ0n) is 9.78. The Balaban J connectivity index is 2.28. The van der Waals surface area contributed by atoms with Gasteiger partial charge in [0.05, 0.1) is 29.9 Å². The van der Waals surface area contributed by atoms with Gasteiger partial charge in [0.15, 0.2) is 11.5 Å². The lowest BCUT2D eigenvalue weighted by Gasteiger charge is -2.00. The SMILES string of the molecule is COC(=O)N/N=C\c1cc2c(cc1[N+](=O)[O-])OCO2. The summed E-state index contributed by atoms with van der Waals surface area (Å²) >= 11 is 0. The summed E-state index contributed by atoms with van der Waals surface area (Å²) in [6, 6.07) is 2.64. The smallest absolute Gasteiger partial charge is 0.427 e. The van der Waals surface area contributed by atoms with Crippen molar-refractivity contribution in [3.05, 3.63) is 27.8 Å². The van der Waals surface area contributed by atoms with Gasteiger partial charge in [-0.3, -0.25) is 10.1 Å². The first-order chi connectivity index (χ1) is 9.11. The average molecular weight is 267 g/mol. The number of methoxy groups -OCH3 is 1. The molecule has 0 saturated heterocycles. The fourth-order valence-electron chi connectivity index (χ4n) is 1.41. The third-order valence-electron chi connectivity index (χ3n) is 2.26. The summed E-state index contributed by atoms with van der Waals surface area (Å²) in [4.78, 5) is 21.1. The predicted molar refractivity (Wildman–Crippen MR) is 62.4 cm³/mol. The van der Waals surface area contributed by atoms with Gasteiger partial charge in [-0.2, -0.15) is 5.10 Å². The van der Waals surface area contributed by atoms with Gasteiger partial charge in [-0.1, -0.05) is 0 Å². The van der Waals surface area contributed by atoms with Crippen molar-refractivity contribution in [2.45, 2.75) is 0 Å². The minimum Gasteiger partial charge on any atom is -0.454 e. The van der Waals surface area contributed by atoms with E-state index in [0.29, 0.717) is 11.5 Å². The Kier molecular flexibility index (Phi) is 3.46. The minimum atomic E-state index is -0.778. The van der Waals surface area contributed by atoms with E-state index in [-0.39, 0.29) is 18.0 Å². The highest BCUT2D eigenvalue weighted by Gasteiger charge is 2.22. The molecule has 2 rings (SSSR count). The Morgan fingerprint density at radius 2 is 2.21 bits per heavy atom. The van der Waals surface area contributed by atoms with Crippen molar-refractivity contribution >= 4 is 18.0 Å². The molecule has 0 atom stereocenters. The van der Waals surface area contributed by atoms with Crippen molar-refractivity contribution in [2.75, 3.05) is 13.9 Å². The van der Waals surface area contributed by atoms with Gasteiger partial charge >= 0.3 is 6.09 Å². The van der Waals surface area contributed by atoms with E-state index in [0.717, 1.165) is 6.21 Å². The molecule has 100 valence electrons. The van der Waals surface area contributed by atoms with Crippen LogP contribution in [-0.4, -0.2) is 31.1 Å². The molecule has 0 fully saturated rings. The van der Waals surface area contributed by atoms with Crippen LogP contribution in [-0.2, 0) is 4.74 Å². The molecule has 1 aliphatic rings. The number of carbonyl (C=O) groups is 1. The molecule has 0 radical (unpaired) electrons. The van der Waals surface area contributed by atoms with E-state index in [1.165, 1.54) is 19.2 Å². The van der Waals surface area contributed by atoms with Crippen molar-refractivity contribution in [3.63, 3.8) is 0 Å². The monoisotopic (exact) mass is 267 g/mol. The molecule has 9 heteroatoms. The van der Waals surface area contributed by atoms with Crippen LogP contribution in [0, 0.1) is 10.1 Å². The Hall–Kier alpha value is -2.84. The number of nitro groups is 1. The number of rotatable bonds is 3. The molecule has 0 saturated carbocycles. The summed E-state index contributed by atoms with van der Waals surface area (Å²) in [6.45, 7) is 0.00743. The largest absolute Gasteiger partial charge is 0.454 e. The molecular weight excluding hydrogens is 258 g/mol. The van der Waals surface area contributed by atoms with Crippen molar-refractivity contribution < 1.29 is 23.9 Å². The van der Waals surface area contributed by atoms with Crippen LogP contribution in [0.25, 0.3) is 0 Å². The summed E-state index contributed by atoms with van der Waals surface area (Å²) in [5.41, 5.74) is 1.99. The predicted octanol–water partition coefficient (Wildman–Crippen LogP) is 1.01. The van der Waals surface area contributed by atoms with Crippen LogP contribution in [0.1, 0.15) is 5.56 Å². The number of ether oxygens (including phenoxy) is 3. The Morgan fingerprint density at radius 3 is 2.84 bits per heavy atom.